The van der Waals surface area contributed by atoms with Crippen LogP contribution in [0.5, 0.6) is 0 Å². The second-order valence-electron chi connectivity index (χ2n) is 3.50. The van der Waals surface area contributed by atoms with Gasteiger partial charge in [-0.2, -0.15) is 0 Å². The van der Waals surface area contributed by atoms with Gasteiger partial charge in [-0.1, -0.05) is 6.08 Å². The number of hydrogen-bond acceptors (Lipinski definition) is 3. The Hall–Kier alpha value is -0.870. The largest absolute Gasteiger partial charge is 0.392 e. The molecule has 0 bridgehead atoms. The molecule has 0 aliphatic heterocycles. The summed E-state index contributed by atoms with van der Waals surface area (Å²) in [5.74, 6) is -0.0481. The molecule has 0 saturated heterocycles. The molecule has 0 fully saturated rings. The van der Waals surface area contributed by atoms with Crippen LogP contribution in [0.4, 0.5) is 0 Å². The van der Waals surface area contributed by atoms with Gasteiger partial charge in [0.25, 0.3) is 0 Å². The Morgan fingerprint density at radius 3 is 2.64 bits per heavy atom. The first-order chi connectivity index (χ1) is 6.49. The summed E-state index contributed by atoms with van der Waals surface area (Å²) in [5.41, 5.74) is 0. The second kappa shape index (κ2) is 6.56. The molecule has 2 N–H and O–H groups in total. The zero-order valence-corrected chi connectivity index (χ0v) is 9.16. The van der Waals surface area contributed by atoms with Crippen LogP contribution >= 0.6 is 0 Å². The van der Waals surface area contributed by atoms with E-state index in [1.165, 1.54) is 0 Å². The van der Waals surface area contributed by atoms with E-state index in [9.17, 15) is 4.79 Å². The molecule has 82 valence electrons. The number of hydrogen-bond donors (Lipinski definition) is 2. The summed E-state index contributed by atoms with van der Waals surface area (Å²) in [4.78, 5) is 13.3. The Bertz CT molecular complexity index is 193. The van der Waals surface area contributed by atoms with E-state index in [0.29, 0.717) is 13.1 Å². The molecule has 0 heterocycles. The maximum Gasteiger partial charge on any atom is 0.237 e. The lowest BCUT2D eigenvalue weighted by Gasteiger charge is -2.24. The van der Waals surface area contributed by atoms with Gasteiger partial charge < -0.3 is 10.4 Å². The van der Waals surface area contributed by atoms with Gasteiger partial charge in [0.05, 0.1) is 12.1 Å². The summed E-state index contributed by atoms with van der Waals surface area (Å²) < 4.78 is 0. The van der Waals surface area contributed by atoms with Crippen molar-refractivity contribution in [2.75, 3.05) is 20.1 Å². The van der Waals surface area contributed by atoms with Gasteiger partial charge in [0.15, 0.2) is 0 Å². The lowest BCUT2D eigenvalue weighted by molar-refractivity contribution is -0.125. The van der Waals surface area contributed by atoms with Crippen molar-refractivity contribution in [3.05, 3.63) is 12.7 Å². The topological polar surface area (TPSA) is 52.6 Å². The van der Waals surface area contributed by atoms with Crippen molar-refractivity contribution in [3.8, 4) is 0 Å². The highest BCUT2D eigenvalue weighted by atomic mass is 16.3. The number of aliphatic hydroxyl groups is 1. The number of carbonyl (C=O) groups is 1. The van der Waals surface area contributed by atoms with Crippen molar-refractivity contribution in [1.82, 2.24) is 10.2 Å². The predicted molar refractivity (Wildman–Crippen MR) is 57.0 cm³/mol. The molecule has 0 rings (SSSR count). The number of aliphatic hydroxyl groups excluding tert-OH is 1. The predicted octanol–water partition coefficient (Wildman–Crippen LogP) is -0.0103. The average molecular weight is 200 g/mol. The van der Waals surface area contributed by atoms with Crippen molar-refractivity contribution in [3.63, 3.8) is 0 Å². The Morgan fingerprint density at radius 2 is 2.21 bits per heavy atom. The van der Waals surface area contributed by atoms with Gasteiger partial charge in [0.1, 0.15) is 0 Å². The van der Waals surface area contributed by atoms with Crippen LogP contribution in [0.2, 0.25) is 0 Å². The molecule has 0 aromatic carbocycles. The number of likely N-dealkylation sites (N-methyl/N-ethyl adjacent to an activating group) is 1. The van der Waals surface area contributed by atoms with Crippen LogP contribution in [0.3, 0.4) is 0 Å². The van der Waals surface area contributed by atoms with Gasteiger partial charge in [-0.05, 0) is 20.9 Å². The summed E-state index contributed by atoms with van der Waals surface area (Å²) in [5, 5.41) is 11.8. The molecule has 0 spiro atoms. The molecular formula is C10H20N2O2. The first-order valence-electron chi connectivity index (χ1n) is 4.76. The third kappa shape index (κ3) is 4.99. The van der Waals surface area contributed by atoms with Crippen molar-refractivity contribution in [2.24, 2.45) is 0 Å². The zero-order chi connectivity index (χ0) is 11.1. The summed E-state index contributed by atoms with van der Waals surface area (Å²) in [7, 11) is 1.81. The second-order valence-corrected chi connectivity index (χ2v) is 3.50. The van der Waals surface area contributed by atoms with Gasteiger partial charge in [-0.25, -0.2) is 0 Å². The standard InChI is InChI=1S/C10H20N2O2/c1-5-6-11-10(14)9(3)12(4)7-8(2)13/h5,8-9,13H,1,6-7H2,2-4H3,(H,11,14). The number of nitrogens with one attached hydrogen (secondary N) is 1. The number of nitrogens with zero attached hydrogens (tertiary/aromatic N) is 1. The van der Waals surface area contributed by atoms with Crippen molar-refractivity contribution < 1.29 is 9.90 Å². The lowest BCUT2D eigenvalue weighted by atomic mass is 10.2. The van der Waals surface area contributed by atoms with E-state index in [-0.39, 0.29) is 11.9 Å². The molecule has 0 saturated carbocycles. The summed E-state index contributed by atoms with van der Waals surface area (Å²) in [6.45, 7) is 7.99. The molecule has 2 atom stereocenters. The Labute approximate surface area is 85.6 Å². The van der Waals surface area contributed by atoms with Crippen LogP contribution in [0.15, 0.2) is 12.7 Å². The Kier molecular flexibility index (Phi) is 6.16. The van der Waals surface area contributed by atoms with Gasteiger partial charge in [0.2, 0.25) is 5.91 Å². The summed E-state index contributed by atoms with van der Waals surface area (Å²) in [6.07, 6.45) is 1.22. The van der Waals surface area contributed by atoms with Gasteiger partial charge in [-0.3, -0.25) is 9.69 Å². The molecule has 0 aromatic rings. The number of amides is 1. The maximum atomic E-state index is 11.4. The van der Waals surface area contributed by atoms with Crippen LogP contribution in [0.25, 0.3) is 0 Å². The Morgan fingerprint density at radius 1 is 1.64 bits per heavy atom. The van der Waals surface area contributed by atoms with Gasteiger partial charge in [0, 0.05) is 13.1 Å². The SMILES string of the molecule is C=CCNC(=O)C(C)N(C)CC(C)O. The quantitative estimate of drug-likeness (QED) is 0.593. The van der Waals surface area contributed by atoms with Crippen LogP contribution < -0.4 is 5.32 Å². The summed E-state index contributed by atoms with van der Waals surface area (Å²) >= 11 is 0. The molecule has 4 nitrogen and oxygen atoms in total. The van der Waals surface area contributed by atoms with Crippen molar-refractivity contribution in [1.29, 1.82) is 0 Å². The molecule has 0 aromatic heterocycles. The third-order valence-electron chi connectivity index (χ3n) is 2.01. The average Bonchev–Trinajstić information content (AvgIpc) is 2.11. The molecule has 0 aliphatic carbocycles. The fourth-order valence-electron chi connectivity index (χ4n) is 1.10. The van der Waals surface area contributed by atoms with E-state index in [1.54, 1.807) is 19.9 Å². The van der Waals surface area contributed by atoms with Crippen LogP contribution in [0.1, 0.15) is 13.8 Å². The normalized spacial score (nSPS) is 14.9. The van der Waals surface area contributed by atoms with Gasteiger partial charge in [-0.15, -0.1) is 6.58 Å². The first-order valence-corrected chi connectivity index (χ1v) is 4.76. The molecular weight excluding hydrogens is 180 g/mol. The van der Waals surface area contributed by atoms with E-state index in [2.05, 4.69) is 11.9 Å². The minimum Gasteiger partial charge on any atom is -0.392 e. The number of rotatable bonds is 6. The fraction of sp³-hybridized carbons (Fsp3) is 0.700. The van der Waals surface area contributed by atoms with Gasteiger partial charge >= 0.3 is 0 Å². The third-order valence-corrected chi connectivity index (χ3v) is 2.01. The highest BCUT2D eigenvalue weighted by Gasteiger charge is 2.17. The summed E-state index contributed by atoms with van der Waals surface area (Å²) in [6, 6.07) is -0.232. The van der Waals surface area contributed by atoms with Crippen molar-refractivity contribution in [2.45, 2.75) is 26.0 Å². The van der Waals surface area contributed by atoms with Crippen molar-refractivity contribution >= 4 is 5.91 Å². The monoisotopic (exact) mass is 200 g/mol. The Balaban J connectivity index is 3.96. The number of carbonyl (C=O) groups excluding carboxylic acids is 1. The van der Waals surface area contributed by atoms with E-state index < -0.39 is 6.10 Å². The molecule has 4 heteroatoms. The zero-order valence-electron chi connectivity index (χ0n) is 9.16. The highest BCUT2D eigenvalue weighted by molar-refractivity contribution is 5.81. The van der Waals surface area contributed by atoms with E-state index in [4.69, 9.17) is 5.11 Å². The van der Waals surface area contributed by atoms with E-state index in [1.807, 2.05) is 11.9 Å². The molecule has 0 aliphatic rings. The van der Waals surface area contributed by atoms with Crippen LogP contribution in [-0.2, 0) is 4.79 Å². The minimum absolute atomic E-state index is 0.0481. The molecule has 2 unspecified atom stereocenters. The minimum atomic E-state index is -0.422. The van der Waals surface area contributed by atoms with Crippen LogP contribution in [0, 0.1) is 0 Å². The molecule has 14 heavy (non-hydrogen) atoms. The highest BCUT2D eigenvalue weighted by Crippen LogP contribution is 1.97. The fourth-order valence-corrected chi connectivity index (χ4v) is 1.10. The van der Waals surface area contributed by atoms with E-state index in [0.717, 1.165) is 0 Å². The van der Waals surface area contributed by atoms with Crippen LogP contribution in [-0.4, -0.2) is 48.2 Å². The maximum absolute atomic E-state index is 11.4. The molecule has 0 radical (unpaired) electrons. The first kappa shape index (κ1) is 13.1. The molecule has 1 amide bonds. The lowest BCUT2D eigenvalue weighted by Crippen LogP contribution is -2.45. The van der Waals surface area contributed by atoms with E-state index >= 15 is 0 Å². The smallest absolute Gasteiger partial charge is 0.237 e.